The molecule has 1 unspecified atom stereocenters. The second-order valence-corrected chi connectivity index (χ2v) is 8.31. The maximum atomic E-state index is 13.2. The van der Waals surface area contributed by atoms with Crippen LogP contribution in [0.1, 0.15) is 27.7 Å². The number of hydrogen-bond acceptors (Lipinski definition) is 4. The summed E-state index contributed by atoms with van der Waals surface area (Å²) in [5.74, 6) is 0.862. The first-order chi connectivity index (χ1) is 14.2. The number of aryl methyl sites for hydroxylation is 1. The first kappa shape index (κ1) is 17.9. The van der Waals surface area contributed by atoms with E-state index in [2.05, 4.69) is 41.5 Å². The lowest BCUT2D eigenvalue weighted by Crippen LogP contribution is -2.34. The summed E-state index contributed by atoms with van der Waals surface area (Å²) in [6, 6.07) is 24.2. The number of fused-ring (bicyclic) bond motifs is 2. The zero-order chi connectivity index (χ0) is 19.8. The molecule has 0 saturated carbocycles. The summed E-state index contributed by atoms with van der Waals surface area (Å²) in [7, 11) is 0. The van der Waals surface area contributed by atoms with Crippen molar-refractivity contribution >= 4 is 28.7 Å². The van der Waals surface area contributed by atoms with Gasteiger partial charge in [-0.3, -0.25) is 4.79 Å². The van der Waals surface area contributed by atoms with Crippen molar-refractivity contribution in [1.82, 2.24) is 19.9 Å². The number of aromatic nitrogens is 3. The predicted molar refractivity (Wildman–Crippen MR) is 115 cm³/mol. The van der Waals surface area contributed by atoms with Crippen LogP contribution in [0.2, 0.25) is 0 Å². The second kappa shape index (κ2) is 7.37. The summed E-state index contributed by atoms with van der Waals surface area (Å²) >= 11 is 1.76. The number of nitrogens with zero attached hydrogens (tertiary/aromatic N) is 4. The number of thioether (sulfide) groups is 1. The van der Waals surface area contributed by atoms with Gasteiger partial charge in [-0.15, -0.1) is 16.9 Å². The van der Waals surface area contributed by atoms with Gasteiger partial charge in [0.2, 0.25) is 0 Å². The van der Waals surface area contributed by atoms with E-state index >= 15 is 0 Å². The van der Waals surface area contributed by atoms with E-state index in [1.54, 1.807) is 11.8 Å². The molecule has 1 atom stereocenters. The van der Waals surface area contributed by atoms with Crippen LogP contribution in [0.15, 0.2) is 77.7 Å². The first-order valence-electron chi connectivity index (χ1n) is 9.62. The average molecular weight is 401 g/mol. The van der Waals surface area contributed by atoms with Gasteiger partial charge < -0.3 is 4.90 Å². The molecule has 0 bridgehead atoms. The highest BCUT2D eigenvalue weighted by atomic mass is 32.2. The van der Waals surface area contributed by atoms with Gasteiger partial charge in [-0.05, 0) is 37.3 Å². The number of rotatable bonds is 5. The van der Waals surface area contributed by atoms with Gasteiger partial charge in [0.1, 0.15) is 5.52 Å². The van der Waals surface area contributed by atoms with Crippen LogP contribution in [0.4, 0.5) is 0 Å². The van der Waals surface area contributed by atoms with Crippen molar-refractivity contribution in [3.8, 4) is 0 Å². The molecule has 0 N–H and O–H groups in total. The van der Waals surface area contributed by atoms with Gasteiger partial charge in [-0.1, -0.05) is 53.2 Å². The Hall–Kier alpha value is -3.12. The summed E-state index contributed by atoms with van der Waals surface area (Å²) in [4.78, 5) is 16.3. The SMILES string of the molecule is Cc1ccc(SCCN2C(=O)c3ccccc3C2n2nnc3ccccc32)cc1. The Bertz CT molecular complexity index is 1180. The molecule has 29 heavy (non-hydrogen) atoms. The molecule has 1 amide bonds. The van der Waals surface area contributed by atoms with E-state index in [9.17, 15) is 4.79 Å². The molecular formula is C23H20N4OS. The topological polar surface area (TPSA) is 51.0 Å². The van der Waals surface area contributed by atoms with Crippen molar-refractivity contribution < 1.29 is 4.79 Å². The zero-order valence-corrected chi connectivity index (χ0v) is 16.8. The fourth-order valence-corrected chi connectivity index (χ4v) is 4.65. The van der Waals surface area contributed by atoms with Crippen LogP contribution in [0.5, 0.6) is 0 Å². The van der Waals surface area contributed by atoms with Crippen molar-refractivity contribution in [2.45, 2.75) is 18.0 Å². The first-order valence-corrected chi connectivity index (χ1v) is 10.6. The molecule has 1 aromatic heterocycles. The molecule has 0 radical (unpaired) electrons. The quantitative estimate of drug-likeness (QED) is 0.462. The van der Waals surface area contributed by atoms with Crippen LogP contribution < -0.4 is 0 Å². The highest BCUT2D eigenvalue weighted by Crippen LogP contribution is 2.36. The Morgan fingerprint density at radius 3 is 2.59 bits per heavy atom. The lowest BCUT2D eigenvalue weighted by atomic mass is 10.1. The molecule has 1 aliphatic rings. The van der Waals surface area contributed by atoms with Gasteiger partial charge in [0.25, 0.3) is 5.91 Å². The van der Waals surface area contributed by atoms with Crippen LogP contribution in [-0.2, 0) is 0 Å². The molecule has 0 spiro atoms. The Kier molecular flexibility index (Phi) is 4.56. The van der Waals surface area contributed by atoms with Gasteiger partial charge in [0.15, 0.2) is 6.17 Å². The highest BCUT2D eigenvalue weighted by molar-refractivity contribution is 7.99. The Balaban J connectivity index is 1.46. The predicted octanol–water partition coefficient (Wildman–Crippen LogP) is 4.53. The maximum Gasteiger partial charge on any atom is 0.256 e. The third-order valence-corrected chi connectivity index (χ3v) is 6.25. The number of para-hydroxylation sites is 1. The monoisotopic (exact) mass is 400 g/mol. The molecule has 2 heterocycles. The van der Waals surface area contributed by atoms with E-state index in [-0.39, 0.29) is 12.1 Å². The molecule has 1 aliphatic heterocycles. The zero-order valence-electron chi connectivity index (χ0n) is 16.0. The van der Waals surface area contributed by atoms with Crippen LogP contribution in [-0.4, -0.2) is 38.1 Å². The van der Waals surface area contributed by atoms with E-state index in [0.29, 0.717) is 6.54 Å². The maximum absolute atomic E-state index is 13.2. The number of carbonyl (C=O) groups excluding carboxylic acids is 1. The lowest BCUT2D eigenvalue weighted by molar-refractivity contribution is 0.0706. The molecular weight excluding hydrogens is 380 g/mol. The van der Waals surface area contributed by atoms with Gasteiger partial charge in [0, 0.05) is 28.3 Å². The summed E-state index contributed by atoms with van der Waals surface area (Å²) in [5, 5.41) is 8.70. The molecule has 0 saturated heterocycles. The molecule has 4 aromatic rings. The van der Waals surface area contributed by atoms with Crippen LogP contribution >= 0.6 is 11.8 Å². The summed E-state index contributed by atoms with van der Waals surface area (Å²) in [6.07, 6.45) is -0.273. The van der Waals surface area contributed by atoms with Crippen molar-refractivity contribution in [2.75, 3.05) is 12.3 Å². The Morgan fingerprint density at radius 1 is 0.966 bits per heavy atom. The third kappa shape index (κ3) is 3.19. The van der Waals surface area contributed by atoms with Gasteiger partial charge in [-0.25, -0.2) is 4.68 Å². The fourth-order valence-electron chi connectivity index (χ4n) is 3.80. The van der Waals surface area contributed by atoms with Crippen molar-refractivity contribution in [2.24, 2.45) is 0 Å². The largest absolute Gasteiger partial charge is 0.311 e. The molecule has 5 nitrogen and oxygen atoms in total. The Labute approximate surface area is 173 Å². The number of amides is 1. The molecule has 3 aromatic carbocycles. The molecule has 0 fully saturated rings. The third-order valence-electron chi connectivity index (χ3n) is 5.26. The molecule has 144 valence electrons. The molecule has 5 rings (SSSR count). The van der Waals surface area contributed by atoms with Crippen LogP contribution in [0.3, 0.4) is 0 Å². The van der Waals surface area contributed by atoms with E-state index in [1.807, 2.05) is 58.1 Å². The fraction of sp³-hybridized carbons (Fsp3) is 0.174. The minimum Gasteiger partial charge on any atom is -0.311 e. The standard InChI is InChI=1S/C23H20N4OS/c1-16-10-12-17(13-11-16)29-15-14-26-22(18-6-2-3-7-19(18)23(26)28)27-21-9-5-4-8-20(21)24-25-27/h2-13,22H,14-15H2,1H3. The van der Waals surface area contributed by atoms with Crippen molar-refractivity contribution in [1.29, 1.82) is 0 Å². The average Bonchev–Trinajstić information content (AvgIpc) is 3.29. The second-order valence-electron chi connectivity index (χ2n) is 7.14. The van der Waals surface area contributed by atoms with Crippen LogP contribution in [0.25, 0.3) is 11.0 Å². The van der Waals surface area contributed by atoms with Gasteiger partial charge >= 0.3 is 0 Å². The lowest BCUT2D eigenvalue weighted by Gasteiger charge is -2.25. The molecule has 6 heteroatoms. The summed E-state index contributed by atoms with van der Waals surface area (Å²) in [6.45, 7) is 2.71. The van der Waals surface area contributed by atoms with E-state index < -0.39 is 0 Å². The smallest absolute Gasteiger partial charge is 0.256 e. The normalized spacial score (nSPS) is 15.8. The van der Waals surface area contributed by atoms with Crippen molar-refractivity contribution in [3.05, 3.63) is 89.5 Å². The van der Waals surface area contributed by atoms with E-state index in [4.69, 9.17) is 0 Å². The summed E-state index contributed by atoms with van der Waals surface area (Å²) in [5.41, 5.74) is 4.74. The van der Waals surface area contributed by atoms with Crippen LogP contribution in [0, 0.1) is 6.92 Å². The number of hydrogen-bond donors (Lipinski definition) is 0. The highest BCUT2D eigenvalue weighted by Gasteiger charge is 2.38. The minimum absolute atomic E-state index is 0.0506. The van der Waals surface area contributed by atoms with E-state index in [0.717, 1.165) is 27.9 Å². The summed E-state index contributed by atoms with van der Waals surface area (Å²) < 4.78 is 1.87. The van der Waals surface area contributed by atoms with Crippen molar-refractivity contribution in [3.63, 3.8) is 0 Å². The number of carbonyl (C=O) groups is 1. The Morgan fingerprint density at radius 2 is 1.72 bits per heavy atom. The van der Waals surface area contributed by atoms with E-state index in [1.165, 1.54) is 10.5 Å². The molecule has 0 aliphatic carbocycles. The number of benzene rings is 3. The van der Waals surface area contributed by atoms with Gasteiger partial charge in [0.05, 0.1) is 5.52 Å². The minimum atomic E-state index is -0.273. The van der Waals surface area contributed by atoms with Gasteiger partial charge in [-0.2, -0.15) is 0 Å².